The fourth-order valence-electron chi connectivity index (χ4n) is 3.84. The number of likely N-dealkylation sites (tertiary alicyclic amines) is 1. The first-order valence-electron chi connectivity index (χ1n) is 10.7. The van der Waals surface area contributed by atoms with E-state index in [1.54, 1.807) is 28.6 Å². The summed E-state index contributed by atoms with van der Waals surface area (Å²) in [4.78, 5) is 36.8. The van der Waals surface area contributed by atoms with Gasteiger partial charge in [0.2, 0.25) is 0 Å². The Bertz CT molecular complexity index is 1290. The molecule has 1 aliphatic rings. The summed E-state index contributed by atoms with van der Waals surface area (Å²) >= 11 is 6.61. The first-order chi connectivity index (χ1) is 15.7. The maximum Gasteiger partial charge on any atom is 0.410 e. The SMILES string of the molecule is CN(c1nc2sc(-c3ncc(Br)n4ccnc34)nc2s1)C1CCN(C(=O)OC(C)(C)C)CC1. The predicted octanol–water partition coefficient (Wildman–Crippen LogP) is 5.06. The molecule has 33 heavy (non-hydrogen) atoms. The van der Waals surface area contributed by atoms with Crippen LogP contribution in [0.5, 0.6) is 0 Å². The van der Waals surface area contributed by atoms with Gasteiger partial charge in [0.05, 0.1) is 6.20 Å². The number of carbonyl (C=O) groups excluding carboxylic acids is 1. The predicted molar refractivity (Wildman–Crippen MR) is 134 cm³/mol. The normalized spacial score (nSPS) is 15.5. The lowest BCUT2D eigenvalue weighted by atomic mass is 10.0. The van der Waals surface area contributed by atoms with E-state index in [1.165, 1.54) is 11.3 Å². The molecule has 4 aromatic heterocycles. The maximum absolute atomic E-state index is 12.3. The summed E-state index contributed by atoms with van der Waals surface area (Å²) in [6.07, 6.45) is 6.92. The number of nitrogens with zero attached hydrogens (tertiary/aromatic N) is 7. The smallest absolute Gasteiger partial charge is 0.410 e. The largest absolute Gasteiger partial charge is 0.444 e. The van der Waals surface area contributed by atoms with Crippen molar-refractivity contribution in [2.75, 3.05) is 25.0 Å². The molecule has 5 rings (SSSR count). The summed E-state index contributed by atoms with van der Waals surface area (Å²) in [6, 6.07) is 0.320. The van der Waals surface area contributed by atoms with Crippen molar-refractivity contribution >= 4 is 65.1 Å². The van der Waals surface area contributed by atoms with Crippen LogP contribution < -0.4 is 4.90 Å². The molecule has 5 heterocycles. The van der Waals surface area contributed by atoms with E-state index in [2.05, 4.69) is 37.8 Å². The Morgan fingerprint density at radius 3 is 2.61 bits per heavy atom. The molecular formula is C21H24BrN7O2S2. The fraction of sp³-hybridized carbons (Fsp3) is 0.476. The van der Waals surface area contributed by atoms with Crippen LogP contribution in [0.1, 0.15) is 33.6 Å². The fourth-order valence-corrected chi connectivity index (χ4v) is 6.29. The number of fused-ring (bicyclic) bond motifs is 2. The highest BCUT2D eigenvalue weighted by Gasteiger charge is 2.30. The van der Waals surface area contributed by atoms with Gasteiger partial charge >= 0.3 is 6.09 Å². The number of halogens is 1. The average molecular weight is 551 g/mol. The molecule has 0 radical (unpaired) electrons. The van der Waals surface area contributed by atoms with Crippen LogP contribution >= 0.6 is 38.6 Å². The number of amides is 1. The van der Waals surface area contributed by atoms with E-state index < -0.39 is 5.60 Å². The van der Waals surface area contributed by atoms with E-state index in [1.807, 2.05) is 31.4 Å². The molecule has 4 aromatic rings. The number of imidazole rings is 1. The van der Waals surface area contributed by atoms with E-state index in [4.69, 9.17) is 14.7 Å². The molecule has 1 saturated heterocycles. The Labute approximate surface area is 207 Å². The van der Waals surface area contributed by atoms with Gasteiger partial charge in [-0.25, -0.2) is 24.7 Å². The standard InChI is InChI=1S/C21H24BrN7O2S2/c1-21(2,3)31-20(30)28-8-5-12(6-9-28)27(4)19-26-18-17(33-19)25-16(32-18)14-15-23-7-10-29(15)13(22)11-24-14/h7,10-12H,5-6,8-9H2,1-4H3. The van der Waals surface area contributed by atoms with Gasteiger partial charge in [0.25, 0.3) is 0 Å². The lowest BCUT2D eigenvalue weighted by Gasteiger charge is -2.37. The Morgan fingerprint density at radius 2 is 1.91 bits per heavy atom. The van der Waals surface area contributed by atoms with Gasteiger partial charge in [-0.15, -0.1) is 0 Å². The van der Waals surface area contributed by atoms with Crippen LogP contribution in [0, 0.1) is 0 Å². The second-order valence-corrected chi connectivity index (χ2v) is 11.7. The summed E-state index contributed by atoms with van der Waals surface area (Å²) in [6.45, 7) is 7.04. The molecule has 12 heteroatoms. The van der Waals surface area contributed by atoms with Crippen molar-refractivity contribution in [3.63, 3.8) is 0 Å². The first kappa shape index (κ1) is 22.5. The van der Waals surface area contributed by atoms with E-state index >= 15 is 0 Å². The van der Waals surface area contributed by atoms with Crippen LogP contribution in [0.2, 0.25) is 0 Å². The van der Waals surface area contributed by atoms with Crippen LogP contribution in [-0.4, -0.2) is 67.1 Å². The molecule has 0 atom stereocenters. The minimum Gasteiger partial charge on any atom is -0.444 e. The molecule has 0 unspecified atom stereocenters. The van der Waals surface area contributed by atoms with E-state index in [0.717, 1.165) is 48.6 Å². The van der Waals surface area contributed by atoms with Crippen LogP contribution in [-0.2, 0) is 4.74 Å². The second-order valence-electron chi connectivity index (χ2n) is 8.99. The molecule has 1 aliphatic heterocycles. The van der Waals surface area contributed by atoms with Crippen molar-refractivity contribution in [2.24, 2.45) is 0 Å². The van der Waals surface area contributed by atoms with Gasteiger partial charge in [-0.1, -0.05) is 22.7 Å². The quantitative estimate of drug-likeness (QED) is 0.352. The Kier molecular flexibility index (Phi) is 5.78. The lowest BCUT2D eigenvalue weighted by molar-refractivity contribution is 0.0205. The number of piperidine rings is 1. The molecule has 1 fully saturated rings. The minimum atomic E-state index is -0.474. The molecule has 0 spiro atoms. The average Bonchev–Trinajstić information content (AvgIpc) is 3.48. The van der Waals surface area contributed by atoms with Gasteiger partial charge in [0.15, 0.2) is 20.4 Å². The minimum absolute atomic E-state index is 0.233. The maximum atomic E-state index is 12.3. The molecule has 174 valence electrons. The molecule has 0 aliphatic carbocycles. The summed E-state index contributed by atoms with van der Waals surface area (Å²) in [7, 11) is 2.07. The lowest BCUT2D eigenvalue weighted by Crippen LogP contribution is -2.47. The van der Waals surface area contributed by atoms with Crippen LogP contribution in [0.25, 0.3) is 26.0 Å². The molecule has 0 N–H and O–H groups in total. The molecule has 1 amide bonds. The third-order valence-electron chi connectivity index (χ3n) is 5.52. The van der Waals surface area contributed by atoms with E-state index in [-0.39, 0.29) is 6.09 Å². The summed E-state index contributed by atoms with van der Waals surface area (Å²) in [5.74, 6) is 0. The monoisotopic (exact) mass is 549 g/mol. The highest BCUT2D eigenvalue weighted by atomic mass is 79.9. The number of rotatable bonds is 3. The highest BCUT2D eigenvalue weighted by Crippen LogP contribution is 2.37. The van der Waals surface area contributed by atoms with Gasteiger partial charge in [0.1, 0.15) is 20.9 Å². The van der Waals surface area contributed by atoms with Crippen molar-refractivity contribution in [3.05, 3.63) is 23.2 Å². The Balaban J connectivity index is 1.29. The summed E-state index contributed by atoms with van der Waals surface area (Å²) in [5.41, 5.74) is 1.04. The van der Waals surface area contributed by atoms with Crippen LogP contribution in [0.4, 0.5) is 9.93 Å². The van der Waals surface area contributed by atoms with Crippen molar-refractivity contribution in [2.45, 2.75) is 45.3 Å². The Hall–Kier alpha value is -2.31. The molecule has 0 saturated carbocycles. The third-order valence-corrected chi connectivity index (χ3v) is 8.23. The molecular weight excluding hydrogens is 526 g/mol. The Morgan fingerprint density at radius 1 is 1.18 bits per heavy atom. The van der Waals surface area contributed by atoms with E-state index in [9.17, 15) is 4.79 Å². The van der Waals surface area contributed by atoms with Gasteiger partial charge in [-0.05, 0) is 49.5 Å². The first-order valence-corrected chi connectivity index (χ1v) is 13.1. The van der Waals surface area contributed by atoms with Crippen molar-refractivity contribution in [3.8, 4) is 10.7 Å². The van der Waals surface area contributed by atoms with Crippen LogP contribution in [0.15, 0.2) is 23.2 Å². The number of hydrogen-bond donors (Lipinski definition) is 0. The number of aromatic nitrogens is 5. The van der Waals surface area contributed by atoms with Gasteiger partial charge in [-0.3, -0.25) is 4.40 Å². The number of thiazole rings is 2. The number of ether oxygens (including phenoxy) is 1. The summed E-state index contributed by atoms with van der Waals surface area (Å²) in [5, 5.41) is 1.76. The number of carbonyl (C=O) groups is 1. The zero-order valence-electron chi connectivity index (χ0n) is 18.8. The third kappa shape index (κ3) is 4.43. The molecule has 0 aromatic carbocycles. The zero-order chi connectivity index (χ0) is 23.3. The van der Waals surface area contributed by atoms with Crippen molar-refractivity contribution < 1.29 is 9.53 Å². The molecule has 0 bridgehead atoms. The summed E-state index contributed by atoms with van der Waals surface area (Å²) < 4.78 is 8.29. The highest BCUT2D eigenvalue weighted by molar-refractivity contribution is 9.10. The van der Waals surface area contributed by atoms with Crippen LogP contribution in [0.3, 0.4) is 0 Å². The topological polar surface area (TPSA) is 88.8 Å². The zero-order valence-corrected chi connectivity index (χ0v) is 22.0. The van der Waals surface area contributed by atoms with Crippen molar-refractivity contribution in [1.29, 1.82) is 0 Å². The molecule has 9 nitrogen and oxygen atoms in total. The van der Waals surface area contributed by atoms with Gasteiger partial charge in [-0.2, -0.15) is 0 Å². The van der Waals surface area contributed by atoms with Gasteiger partial charge in [0, 0.05) is 38.6 Å². The number of anilines is 1. The van der Waals surface area contributed by atoms with Gasteiger partial charge < -0.3 is 14.5 Å². The number of hydrogen-bond acceptors (Lipinski definition) is 9. The van der Waals surface area contributed by atoms with Crippen molar-refractivity contribution in [1.82, 2.24) is 29.2 Å². The second kappa shape index (κ2) is 8.48. The van der Waals surface area contributed by atoms with E-state index in [0.29, 0.717) is 19.1 Å².